The van der Waals surface area contributed by atoms with Gasteiger partial charge >= 0.3 is 0 Å². The Morgan fingerprint density at radius 1 is 1.05 bits per heavy atom. The number of imidazole rings is 1. The van der Waals surface area contributed by atoms with Crippen molar-refractivity contribution in [1.82, 2.24) is 34.7 Å². The minimum absolute atomic E-state index is 0.0967. The molecule has 0 aliphatic carbocycles. The van der Waals surface area contributed by atoms with Crippen LogP contribution < -0.4 is 5.32 Å². The van der Waals surface area contributed by atoms with E-state index in [9.17, 15) is 8.78 Å². The Morgan fingerprint density at radius 3 is 2.62 bits per heavy atom. The molecule has 0 bridgehead atoms. The Morgan fingerprint density at radius 2 is 1.86 bits per heavy atom. The second-order valence-electron chi connectivity index (χ2n) is 10.5. The summed E-state index contributed by atoms with van der Waals surface area (Å²) in [6, 6.07) is 5.51. The average molecular weight is 504 g/mol. The van der Waals surface area contributed by atoms with E-state index in [1.807, 2.05) is 37.7 Å². The maximum Gasteiger partial charge on any atom is 0.151 e. The van der Waals surface area contributed by atoms with E-state index < -0.39 is 11.6 Å². The highest BCUT2D eigenvalue weighted by Gasteiger charge is 2.39. The van der Waals surface area contributed by atoms with Crippen molar-refractivity contribution in [1.29, 1.82) is 0 Å². The van der Waals surface area contributed by atoms with E-state index in [4.69, 9.17) is 0 Å². The average Bonchev–Trinajstić information content (AvgIpc) is 3.21. The number of benzene rings is 1. The number of rotatable bonds is 6. The molecule has 0 saturated carbocycles. The molecule has 1 N–H and O–H groups in total. The first-order chi connectivity index (χ1) is 17.9. The molecule has 2 aliphatic heterocycles. The van der Waals surface area contributed by atoms with Gasteiger partial charge in [-0.1, -0.05) is 0 Å². The van der Waals surface area contributed by atoms with E-state index in [0.29, 0.717) is 46.1 Å². The fraction of sp³-hybridized carbons (Fsp3) is 0.429. The van der Waals surface area contributed by atoms with Crippen molar-refractivity contribution in [2.45, 2.75) is 52.2 Å². The summed E-state index contributed by atoms with van der Waals surface area (Å²) in [6.45, 7) is 10.0. The molecular weight excluding hydrogens is 472 g/mol. The van der Waals surface area contributed by atoms with Crippen molar-refractivity contribution in [2.24, 2.45) is 5.92 Å². The number of likely N-dealkylation sites (tertiary alicyclic amines) is 1. The molecule has 3 aromatic heterocycles. The summed E-state index contributed by atoms with van der Waals surface area (Å²) in [5.74, 6) is 1.18. The van der Waals surface area contributed by atoms with Crippen LogP contribution in [0.1, 0.15) is 49.2 Å². The van der Waals surface area contributed by atoms with Crippen molar-refractivity contribution < 1.29 is 8.78 Å². The van der Waals surface area contributed by atoms with Crippen molar-refractivity contribution in [3.63, 3.8) is 0 Å². The number of nitrogens with zero attached hydrogens (tertiary/aromatic N) is 6. The van der Waals surface area contributed by atoms with Crippen LogP contribution in [0.3, 0.4) is 0 Å². The summed E-state index contributed by atoms with van der Waals surface area (Å²) in [5.41, 5.74) is 3.40. The number of halogens is 2. The normalized spacial score (nSPS) is 19.8. The van der Waals surface area contributed by atoms with Gasteiger partial charge < -0.3 is 9.88 Å². The van der Waals surface area contributed by atoms with Crippen molar-refractivity contribution >= 4 is 11.0 Å². The summed E-state index contributed by atoms with van der Waals surface area (Å²) < 4.78 is 31.8. The number of piperidine rings is 1. The monoisotopic (exact) mass is 503 g/mol. The number of hydrogen-bond donors (Lipinski definition) is 1. The van der Waals surface area contributed by atoms with Crippen LogP contribution >= 0.6 is 0 Å². The molecule has 6 rings (SSSR count). The Balaban J connectivity index is 1.22. The first kappa shape index (κ1) is 24.1. The van der Waals surface area contributed by atoms with Crippen LogP contribution in [0, 0.1) is 24.5 Å². The molecule has 2 atom stereocenters. The van der Waals surface area contributed by atoms with Crippen molar-refractivity contribution in [2.75, 3.05) is 19.6 Å². The van der Waals surface area contributed by atoms with Gasteiger partial charge in [0.25, 0.3) is 0 Å². The van der Waals surface area contributed by atoms with Gasteiger partial charge in [-0.25, -0.2) is 23.7 Å². The van der Waals surface area contributed by atoms with Gasteiger partial charge in [0.15, 0.2) is 5.82 Å². The molecule has 0 unspecified atom stereocenters. The summed E-state index contributed by atoms with van der Waals surface area (Å²) in [4.78, 5) is 20.2. The molecule has 9 heteroatoms. The zero-order valence-corrected chi connectivity index (χ0v) is 21.4. The second kappa shape index (κ2) is 9.54. The lowest BCUT2D eigenvalue weighted by molar-refractivity contribution is -0.0115. The molecule has 0 radical (unpaired) electrons. The first-order valence-electron chi connectivity index (χ1n) is 12.9. The molecule has 2 saturated heterocycles. The van der Waals surface area contributed by atoms with Gasteiger partial charge in [-0.3, -0.25) is 9.88 Å². The number of hydrogen-bond acceptors (Lipinski definition) is 6. The lowest BCUT2D eigenvalue weighted by Gasteiger charge is -2.51. The van der Waals surface area contributed by atoms with E-state index >= 15 is 0 Å². The zero-order chi connectivity index (χ0) is 25.7. The van der Waals surface area contributed by atoms with Crippen LogP contribution in [-0.2, 0) is 13.0 Å². The Hall–Kier alpha value is -3.30. The van der Waals surface area contributed by atoms with Crippen LogP contribution in [-0.4, -0.2) is 55.1 Å². The molecule has 2 fully saturated rings. The van der Waals surface area contributed by atoms with Gasteiger partial charge in [-0.05, 0) is 63.4 Å². The standard InChI is InChI=1S/C28H31F2N7/c1-16(2)37-17(3)35-28-23(29)6-20(7-25(28)37)22-8-21(32-12-24(22)30)9-27-33-10-18(11-34-27)14-36-15-19-4-5-31-13-26(19)36/h6-8,10-12,16,19,26,31H,4-5,9,13-15H2,1-3H3/t19-,26-/m1/s1. The SMILES string of the molecule is Cc1nc2c(F)cc(-c3cc(Cc4ncc(CN5C[C@H]6CCNC[C@H]65)cn4)ncc3F)cc2n1C(C)C. The van der Waals surface area contributed by atoms with E-state index in [-0.39, 0.29) is 6.04 Å². The molecule has 0 spiro atoms. The maximum absolute atomic E-state index is 15.0. The topological polar surface area (TPSA) is 71.8 Å². The molecular formula is C28H31F2N7. The Bertz CT molecular complexity index is 1450. The fourth-order valence-corrected chi connectivity index (χ4v) is 5.84. The molecule has 192 valence electrons. The number of aryl methyl sites for hydroxylation is 1. The first-order valence-corrected chi connectivity index (χ1v) is 12.9. The third-order valence-electron chi connectivity index (χ3n) is 7.68. The zero-order valence-electron chi connectivity index (χ0n) is 21.4. The molecule has 5 heterocycles. The van der Waals surface area contributed by atoms with Gasteiger partial charge in [0.05, 0.1) is 18.1 Å². The highest BCUT2D eigenvalue weighted by molar-refractivity contribution is 5.83. The number of nitrogens with one attached hydrogen (secondary N) is 1. The summed E-state index contributed by atoms with van der Waals surface area (Å²) in [5, 5.41) is 3.48. The fourth-order valence-electron chi connectivity index (χ4n) is 5.84. The third-order valence-corrected chi connectivity index (χ3v) is 7.68. The lowest BCUT2D eigenvalue weighted by atomic mass is 9.83. The van der Waals surface area contributed by atoms with E-state index in [1.165, 1.54) is 18.7 Å². The van der Waals surface area contributed by atoms with Gasteiger partial charge in [-0.15, -0.1) is 0 Å². The number of aromatic nitrogens is 5. The predicted octanol–water partition coefficient (Wildman–Crippen LogP) is 4.44. The molecule has 37 heavy (non-hydrogen) atoms. The number of pyridine rings is 1. The molecule has 7 nitrogen and oxygen atoms in total. The maximum atomic E-state index is 15.0. The van der Waals surface area contributed by atoms with E-state index in [1.54, 1.807) is 12.1 Å². The molecule has 2 aliphatic rings. The largest absolute Gasteiger partial charge is 0.326 e. The van der Waals surface area contributed by atoms with Crippen LogP contribution in [0.5, 0.6) is 0 Å². The lowest BCUT2D eigenvalue weighted by Crippen LogP contribution is -2.62. The van der Waals surface area contributed by atoms with Gasteiger partial charge in [0, 0.05) is 60.9 Å². The molecule has 1 aromatic carbocycles. The minimum atomic E-state index is -0.504. The summed E-state index contributed by atoms with van der Waals surface area (Å²) in [7, 11) is 0. The van der Waals surface area contributed by atoms with Gasteiger partial charge in [0.1, 0.15) is 23.0 Å². The van der Waals surface area contributed by atoms with Gasteiger partial charge in [0.2, 0.25) is 0 Å². The van der Waals surface area contributed by atoms with E-state index in [2.05, 4.69) is 30.2 Å². The van der Waals surface area contributed by atoms with Crippen LogP contribution in [0.2, 0.25) is 0 Å². The minimum Gasteiger partial charge on any atom is -0.326 e. The van der Waals surface area contributed by atoms with Crippen LogP contribution in [0.25, 0.3) is 22.2 Å². The highest BCUT2D eigenvalue weighted by atomic mass is 19.1. The predicted molar refractivity (Wildman–Crippen MR) is 138 cm³/mol. The van der Waals surface area contributed by atoms with Gasteiger partial charge in [-0.2, -0.15) is 0 Å². The van der Waals surface area contributed by atoms with Crippen LogP contribution in [0.4, 0.5) is 8.78 Å². The summed E-state index contributed by atoms with van der Waals surface area (Å²) in [6.07, 6.45) is 6.54. The Labute approximate surface area is 215 Å². The third kappa shape index (κ3) is 4.51. The van der Waals surface area contributed by atoms with Crippen LogP contribution in [0.15, 0.2) is 36.8 Å². The van der Waals surface area contributed by atoms with E-state index in [0.717, 1.165) is 43.5 Å². The van der Waals surface area contributed by atoms with Crippen molar-refractivity contribution in [3.8, 4) is 11.1 Å². The second-order valence-corrected chi connectivity index (χ2v) is 10.5. The Kier molecular flexibility index (Phi) is 6.20. The van der Waals surface area contributed by atoms with Crippen molar-refractivity contribution in [3.05, 3.63) is 71.3 Å². The highest BCUT2D eigenvalue weighted by Crippen LogP contribution is 2.32. The molecule has 0 amide bonds. The number of fused-ring (bicyclic) bond motifs is 2. The summed E-state index contributed by atoms with van der Waals surface area (Å²) >= 11 is 0. The quantitative estimate of drug-likeness (QED) is 0.420. The molecule has 4 aromatic rings. The smallest absolute Gasteiger partial charge is 0.151 e.